The molecule has 1 aromatic rings. The van der Waals surface area contributed by atoms with Gasteiger partial charge < -0.3 is 9.84 Å². The summed E-state index contributed by atoms with van der Waals surface area (Å²) in [6.45, 7) is 7.55. The highest BCUT2D eigenvalue weighted by molar-refractivity contribution is 9.10. The van der Waals surface area contributed by atoms with Gasteiger partial charge in [0.1, 0.15) is 5.60 Å². The monoisotopic (exact) mass is 316 g/mol. The Labute approximate surface area is 116 Å². The molecule has 5 heteroatoms. The molecule has 0 radical (unpaired) electrons. The number of hydrogen-bond acceptors (Lipinski definition) is 3. The molecule has 1 fully saturated rings. The molecule has 1 aliphatic heterocycles. The van der Waals surface area contributed by atoms with E-state index in [1.807, 2.05) is 18.5 Å². The third kappa shape index (κ3) is 2.63. The Morgan fingerprint density at radius 3 is 2.89 bits per heavy atom. The molecule has 0 amide bonds. The minimum absolute atomic E-state index is 0.298. The molecule has 18 heavy (non-hydrogen) atoms. The summed E-state index contributed by atoms with van der Waals surface area (Å²) in [5.41, 5.74) is -0.263. The number of rotatable bonds is 3. The largest absolute Gasteiger partial charge is 0.383 e. The first-order chi connectivity index (χ1) is 8.38. The summed E-state index contributed by atoms with van der Waals surface area (Å²) in [4.78, 5) is 0. The molecule has 1 unspecified atom stereocenters. The van der Waals surface area contributed by atoms with E-state index in [0.717, 1.165) is 23.1 Å². The lowest BCUT2D eigenvalue weighted by atomic mass is 9.82. The van der Waals surface area contributed by atoms with Crippen molar-refractivity contribution in [1.29, 1.82) is 0 Å². The van der Waals surface area contributed by atoms with Crippen LogP contribution in [0.3, 0.4) is 0 Å². The summed E-state index contributed by atoms with van der Waals surface area (Å²) in [5, 5.41) is 15.3. The lowest BCUT2D eigenvalue weighted by molar-refractivity contribution is -0.151. The first-order valence-corrected chi connectivity index (χ1v) is 7.25. The van der Waals surface area contributed by atoms with E-state index in [2.05, 4.69) is 28.0 Å². The number of aromatic nitrogens is 2. The van der Waals surface area contributed by atoms with Gasteiger partial charge in [-0.1, -0.05) is 6.92 Å². The van der Waals surface area contributed by atoms with Crippen LogP contribution in [0.15, 0.2) is 10.7 Å². The van der Waals surface area contributed by atoms with Crippen LogP contribution in [0.25, 0.3) is 0 Å². The molecule has 2 heterocycles. The summed E-state index contributed by atoms with van der Waals surface area (Å²) in [7, 11) is 0. The first-order valence-electron chi connectivity index (χ1n) is 6.46. The van der Waals surface area contributed by atoms with Gasteiger partial charge in [-0.2, -0.15) is 5.10 Å². The SMILES string of the molecule is CCCn1ncc(Br)c1C1(O)CCOC(C)(C)C1. The van der Waals surface area contributed by atoms with E-state index in [1.165, 1.54) is 0 Å². The van der Waals surface area contributed by atoms with Gasteiger partial charge in [-0.05, 0) is 36.2 Å². The molecule has 2 rings (SSSR count). The maximum Gasteiger partial charge on any atom is 0.112 e. The Balaban J connectivity index is 2.37. The molecule has 0 aliphatic carbocycles. The second-order valence-corrected chi connectivity index (χ2v) is 6.49. The van der Waals surface area contributed by atoms with E-state index < -0.39 is 5.60 Å². The van der Waals surface area contributed by atoms with E-state index in [0.29, 0.717) is 19.4 Å². The van der Waals surface area contributed by atoms with Gasteiger partial charge in [0, 0.05) is 19.4 Å². The molecule has 102 valence electrons. The van der Waals surface area contributed by atoms with Crippen molar-refractivity contribution in [3.05, 3.63) is 16.4 Å². The van der Waals surface area contributed by atoms with E-state index in [1.54, 1.807) is 6.20 Å². The van der Waals surface area contributed by atoms with Gasteiger partial charge in [-0.3, -0.25) is 4.68 Å². The van der Waals surface area contributed by atoms with Crippen molar-refractivity contribution < 1.29 is 9.84 Å². The van der Waals surface area contributed by atoms with Crippen LogP contribution in [0.5, 0.6) is 0 Å². The molecule has 1 atom stereocenters. The highest BCUT2D eigenvalue weighted by Crippen LogP contribution is 2.41. The Morgan fingerprint density at radius 2 is 2.28 bits per heavy atom. The fourth-order valence-electron chi connectivity index (χ4n) is 2.75. The molecular weight excluding hydrogens is 296 g/mol. The third-order valence-electron chi connectivity index (χ3n) is 3.40. The van der Waals surface area contributed by atoms with Gasteiger partial charge >= 0.3 is 0 Å². The zero-order valence-corrected chi connectivity index (χ0v) is 12.8. The van der Waals surface area contributed by atoms with Crippen LogP contribution in [-0.4, -0.2) is 27.1 Å². The van der Waals surface area contributed by atoms with Gasteiger partial charge in [0.05, 0.1) is 28.6 Å². The lowest BCUT2D eigenvalue weighted by Gasteiger charge is -2.41. The zero-order chi connectivity index (χ0) is 13.4. The van der Waals surface area contributed by atoms with Crippen molar-refractivity contribution in [3.8, 4) is 0 Å². The van der Waals surface area contributed by atoms with Crippen LogP contribution in [0, 0.1) is 0 Å². The van der Waals surface area contributed by atoms with Crippen molar-refractivity contribution in [1.82, 2.24) is 9.78 Å². The lowest BCUT2D eigenvalue weighted by Crippen LogP contribution is -2.45. The molecule has 1 aliphatic rings. The number of ether oxygens (including phenoxy) is 1. The van der Waals surface area contributed by atoms with E-state index in [4.69, 9.17) is 4.74 Å². The Hall–Kier alpha value is -0.390. The van der Waals surface area contributed by atoms with Gasteiger partial charge in [-0.25, -0.2) is 0 Å². The number of nitrogens with zero attached hydrogens (tertiary/aromatic N) is 2. The fraction of sp³-hybridized carbons (Fsp3) is 0.769. The molecule has 1 aromatic heterocycles. The molecule has 0 saturated carbocycles. The van der Waals surface area contributed by atoms with Gasteiger partial charge in [0.25, 0.3) is 0 Å². The van der Waals surface area contributed by atoms with Crippen molar-refractivity contribution in [2.75, 3.05) is 6.61 Å². The van der Waals surface area contributed by atoms with Crippen molar-refractivity contribution in [3.63, 3.8) is 0 Å². The van der Waals surface area contributed by atoms with Gasteiger partial charge in [0.2, 0.25) is 0 Å². The highest BCUT2D eigenvalue weighted by Gasteiger charge is 2.43. The van der Waals surface area contributed by atoms with Crippen LogP contribution >= 0.6 is 15.9 Å². The van der Waals surface area contributed by atoms with Crippen LogP contribution in [0.1, 0.15) is 45.7 Å². The quantitative estimate of drug-likeness (QED) is 0.932. The molecule has 0 bridgehead atoms. The molecule has 0 aromatic carbocycles. The number of halogens is 1. The summed E-state index contributed by atoms with van der Waals surface area (Å²) >= 11 is 3.51. The second-order valence-electron chi connectivity index (χ2n) is 5.63. The van der Waals surface area contributed by atoms with Crippen LogP contribution in [0.4, 0.5) is 0 Å². The number of aryl methyl sites for hydroxylation is 1. The van der Waals surface area contributed by atoms with Crippen LogP contribution < -0.4 is 0 Å². The fourth-order valence-corrected chi connectivity index (χ4v) is 3.41. The third-order valence-corrected chi connectivity index (χ3v) is 3.98. The molecule has 1 N–H and O–H groups in total. The Kier molecular flexibility index (Phi) is 3.85. The second kappa shape index (κ2) is 4.94. The topological polar surface area (TPSA) is 47.3 Å². The van der Waals surface area contributed by atoms with E-state index in [-0.39, 0.29) is 5.60 Å². The standard InChI is InChI=1S/C13H21BrN2O2/c1-4-6-16-11(10(14)8-15-16)13(17)5-7-18-12(2,3)9-13/h8,17H,4-7,9H2,1-3H3. The average Bonchev–Trinajstić information content (AvgIpc) is 2.59. The Morgan fingerprint density at radius 1 is 1.56 bits per heavy atom. The van der Waals surface area contributed by atoms with Crippen molar-refractivity contribution >= 4 is 15.9 Å². The van der Waals surface area contributed by atoms with Gasteiger partial charge in [0.15, 0.2) is 0 Å². The Bertz CT molecular complexity index is 431. The van der Waals surface area contributed by atoms with E-state index in [9.17, 15) is 5.11 Å². The number of aliphatic hydroxyl groups is 1. The van der Waals surface area contributed by atoms with Gasteiger partial charge in [-0.15, -0.1) is 0 Å². The number of hydrogen-bond donors (Lipinski definition) is 1. The minimum atomic E-state index is -0.855. The summed E-state index contributed by atoms with van der Waals surface area (Å²) in [6, 6.07) is 0. The normalized spacial score (nSPS) is 27.4. The predicted molar refractivity (Wildman–Crippen MR) is 73.4 cm³/mol. The first kappa shape index (κ1) is 14.0. The van der Waals surface area contributed by atoms with Crippen LogP contribution in [-0.2, 0) is 16.9 Å². The molecule has 0 spiro atoms. The van der Waals surface area contributed by atoms with Crippen molar-refractivity contribution in [2.45, 2.75) is 57.8 Å². The maximum absolute atomic E-state index is 11.0. The molecule has 1 saturated heterocycles. The zero-order valence-electron chi connectivity index (χ0n) is 11.2. The molecule has 4 nitrogen and oxygen atoms in total. The minimum Gasteiger partial charge on any atom is -0.383 e. The summed E-state index contributed by atoms with van der Waals surface area (Å²) < 4.78 is 8.49. The highest BCUT2D eigenvalue weighted by atomic mass is 79.9. The summed E-state index contributed by atoms with van der Waals surface area (Å²) in [6.07, 6.45) is 3.97. The van der Waals surface area contributed by atoms with E-state index >= 15 is 0 Å². The smallest absolute Gasteiger partial charge is 0.112 e. The average molecular weight is 317 g/mol. The van der Waals surface area contributed by atoms with Crippen molar-refractivity contribution in [2.24, 2.45) is 0 Å². The summed E-state index contributed by atoms with van der Waals surface area (Å²) in [5.74, 6) is 0. The molecular formula is C13H21BrN2O2. The predicted octanol–water partition coefficient (Wildman–Crippen LogP) is 2.83. The van der Waals surface area contributed by atoms with Crippen LogP contribution in [0.2, 0.25) is 0 Å². The maximum atomic E-state index is 11.0.